The second kappa shape index (κ2) is 10.0. The molecule has 0 spiro atoms. The summed E-state index contributed by atoms with van der Waals surface area (Å²) in [7, 11) is 0. The van der Waals surface area contributed by atoms with E-state index in [-0.39, 0.29) is 18.4 Å². The molecule has 1 unspecified atom stereocenters. The smallest absolute Gasteiger partial charge is 0.246 e. The summed E-state index contributed by atoms with van der Waals surface area (Å²) in [6.45, 7) is 8.25. The van der Waals surface area contributed by atoms with Crippen LogP contribution >= 0.6 is 11.6 Å². The summed E-state index contributed by atoms with van der Waals surface area (Å²) in [6.07, 6.45) is 3.58. The molecule has 1 aromatic heterocycles. The Morgan fingerprint density at radius 3 is 2.72 bits per heavy atom. The third kappa shape index (κ3) is 5.19. The van der Waals surface area contributed by atoms with E-state index in [4.69, 9.17) is 16.1 Å². The van der Waals surface area contributed by atoms with Crippen LogP contribution in [0.15, 0.2) is 65.7 Å². The predicted octanol–water partition coefficient (Wildman–Crippen LogP) is 5.13. The van der Waals surface area contributed by atoms with Crippen molar-refractivity contribution in [3.05, 3.63) is 77.7 Å². The molecule has 6 nitrogen and oxygen atoms in total. The minimum absolute atomic E-state index is 0.0799. The Kier molecular flexibility index (Phi) is 6.90. The minimum atomic E-state index is -0.0799. The van der Waals surface area contributed by atoms with Crippen LogP contribution < -0.4 is 4.90 Å². The zero-order valence-electron chi connectivity index (χ0n) is 18.2. The van der Waals surface area contributed by atoms with Gasteiger partial charge in [0.2, 0.25) is 17.6 Å². The normalized spacial score (nSPS) is 16.1. The van der Waals surface area contributed by atoms with Crippen molar-refractivity contribution in [1.29, 1.82) is 0 Å². The number of amides is 1. The number of carbonyl (C=O) groups is 1. The van der Waals surface area contributed by atoms with Gasteiger partial charge in [0.25, 0.3) is 0 Å². The molecule has 32 heavy (non-hydrogen) atoms. The summed E-state index contributed by atoms with van der Waals surface area (Å²) >= 11 is 5.95. The number of aryl methyl sites for hydroxylation is 1. The summed E-state index contributed by atoms with van der Waals surface area (Å²) in [6, 6.07) is 15.7. The van der Waals surface area contributed by atoms with Crippen LogP contribution in [-0.2, 0) is 11.3 Å². The first-order valence-electron chi connectivity index (χ1n) is 10.8. The molecular formula is C25H27ClN4O2. The number of hydrogen-bond donors (Lipinski definition) is 0. The number of halogens is 1. The van der Waals surface area contributed by atoms with E-state index in [1.807, 2.05) is 12.1 Å². The fourth-order valence-electron chi connectivity index (χ4n) is 4.01. The lowest BCUT2D eigenvalue weighted by atomic mass is 9.95. The van der Waals surface area contributed by atoms with Crippen molar-refractivity contribution >= 4 is 23.2 Å². The van der Waals surface area contributed by atoms with Crippen LogP contribution in [0.2, 0.25) is 5.02 Å². The van der Waals surface area contributed by atoms with Gasteiger partial charge < -0.3 is 14.3 Å². The van der Waals surface area contributed by atoms with Crippen LogP contribution in [0, 0.1) is 12.8 Å². The third-order valence-electron chi connectivity index (χ3n) is 5.73. The van der Waals surface area contributed by atoms with Crippen molar-refractivity contribution < 1.29 is 9.32 Å². The molecule has 0 radical (unpaired) electrons. The Labute approximate surface area is 193 Å². The number of anilines is 1. The van der Waals surface area contributed by atoms with Crippen LogP contribution in [0.3, 0.4) is 0 Å². The lowest BCUT2D eigenvalue weighted by Crippen LogP contribution is -2.44. The molecule has 1 atom stereocenters. The largest absolute Gasteiger partial charge is 0.371 e. The molecule has 1 aliphatic rings. The second-order valence-electron chi connectivity index (χ2n) is 8.15. The number of nitrogens with zero attached hydrogens (tertiary/aromatic N) is 4. The zero-order chi connectivity index (χ0) is 22.5. The first-order valence-corrected chi connectivity index (χ1v) is 11.2. The highest BCUT2D eigenvalue weighted by Crippen LogP contribution is 2.26. The number of benzene rings is 2. The predicted molar refractivity (Wildman–Crippen MR) is 126 cm³/mol. The maximum Gasteiger partial charge on any atom is 0.246 e. The highest BCUT2D eigenvalue weighted by molar-refractivity contribution is 6.30. The molecule has 4 rings (SSSR count). The molecule has 3 aromatic rings. The lowest BCUT2D eigenvalue weighted by Gasteiger charge is -2.35. The molecule has 0 N–H and O–H groups in total. The van der Waals surface area contributed by atoms with E-state index in [2.05, 4.69) is 52.8 Å². The molecular weight excluding hydrogens is 424 g/mol. The average molecular weight is 451 g/mol. The van der Waals surface area contributed by atoms with E-state index in [0.29, 0.717) is 29.8 Å². The van der Waals surface area contributed by atoms with Crippen LogP contribution in [0.4, 0.5) is 5.69 Å². The van der Waals surface area contributed by atoms with Crippen LogP contribution in [-0.4, -0.2) is 40.6 Å². The highest BCUT2D eigenvalue weighted by atomic mass is 35.5. The number of rotatable bonds is 7. The van der Waals surface area contributed by atoms with E-state index in [1.54, 1.807) is 23.1 Å². The molecule has 1 amide bonds. The van der Waals surface area contributed by atoms with E-state index in [9.17, 15) is 4.79 Å². The maximum atomic E-state index is 13.4. The second-order valence-corrected chi connectivity index (χ2v) is 8.58. The number of aromatic nitrogens is 2. The first-order chi connectivity index (χ1) is 15.5. The number of piperidine rings is 1. The SMILES string of the molecule is C=CCN(Cc1nc(-c2ccc(Cl)cc2)no1)C(=O)C1CCCN(c2ccc(C)cc2)C1. The van der Waals surface area contributed by atoms with Gasteiger partial charge in [-0.15, -0.1) is 6.58 Å². The van der Waals surface area contributed by atoms with Crippen molar-refractivity contribution in [3.63, 3.8) is 0 Å². The van der Waals surface area contributed by atoms with Gasteiger partial charge in [0.15, 0.2) is 0 Å². The van der Waals surface area contributed by atoms with Gasteiger partial charge in [0.05, 0.1) is 5.92 Å². The van der Waals surface area contributed by atoms with E-state index in [1.165, 1.54) is 5.56 Å². The summed E-state index contributed by atoms with van der Waals surface area (Å²) in [4.78, 5) is 21.9. The lowest BCUT2D eigenvalue weighted by molar-refractivity contribution is -0.136. The Hall–Kier alpha value is -3.12. The van der Waals surface area contributed by atoms with Crippen LogP contribution in [0.1, 0.15) is 24.3 Å². The highest BCUT2D eigenvalue weighted by Gasteiger charge is 2.30. The number of hydrogen-bond acceptors (Lipinski definition) is 5. The molecule has 2 heterocycles. The maximum absolute atomic E-state index is 13.4. The van der Waals surface area contributed by atoms with Gasteiger partial charge in [-0.05, 0) is 56.2 Å². The van der Waals surface area contributed by atoms with Gasteiger partial charge in [-0.25, -0.2) is 0 Å². The zero-order valence-corrected chi connectivity index (χ0v) is 19.0. The Morgan fingerprint density at radius 1 is 1.25 bits per heavy atom. The van der Waals surface area contributed by atoms with E-state index < -0.39 is 0 Å². The van der Waals surface area contributed by atoms with Crippen molar-refractivity contribution in [1.82, 2.24) is 15.0 Å². The molecule has 1 fully saturated rings. The van der Waals surface area contributed by atoms with Crippen molar-refractivity contribution in [2.45, 2.75) is 26.3 Å². The molecule has 7 heteroatoms. The van der Waals surface area contributed by atoms with Gasteiger partial charge >= 0.3 is 0 Å². The van der Waals surface area contributed by atoms with Gasteiger partial charge in [-0.1, -0.05) is 40.5 Å². The standard InChI is InChI=1S/C25H27ClN4O2/c1-3-14-30(17-23-27-24(28-32-23)19-8-10-21(26)11-9-19)25(31)20-5-4-15-29(16-20)22-12-6-18(2)7-13-22/h3,6-13,20H,1,4-5,14-17H2,2H3. The Balaban J connectivity index is 1.45. The van der Waals surface area contributed by atoms with Crippen molar-refractivity contribution in [2.24, 2.45) is 5.92 Å². The van der Waals surface area contributed by atoms with E-state index >= 15 is 0 Å². The van der Waals surface area contributed by atoms with Crippen molar-refractivity contribution in [2.75, 3.05) is 24.5 Å². The number of carbonyl (C=O) groups excluding carboxylic acids is 1. The molecule has 0 bridgehead atoms. The molecule has 2 aromatic carbocycles. The van der Waals surface area contributed by atoms with Gasteiger partial charge in [0.1, 0.15) is 6.54 Å². The van der Waals surface area contributed by atoms with Gasteiger partial charge in [-0.3, -0.25) is 4.79 Å². The monoisotopic (exact) mass is 450 g/mol. The quantitative estimate of drug-likeness (QED) is 0.467. The summed E-state index contributed by atoms with van der Waals surface area (Å²) in [5.41, 5.74) is 3.20. The molecule has 1 saturated heterocycles. The first kappa shape index (κ1) is 22.1. The molecule has 166 valence electrons. The van der Waals surface area contributed by atoms with Crippen LogP contribution in [0.25, 0.3) is 11.4 Å². The van der Waals surface area contributed by atoms with E-state index in [0.717, 1.165) is 30.6 Å². The van der Waals surface area contributed by atoms with Gasteiger partial charge in [-0.2, -0.15) is 4.98 Å². The average Bonchev–Trinajstić information content (AvgIpc) is 3.28. The van der Waals surface area contributed by atoms with Crippen LogP contribution in [0.5, 0.6) is 0 Å². The summed E-state index contributed by atoms with van der Waals surface area (Å²) in [5, 5.41) is 4.70. The van der Waals surface area contributed by atoms with Crippen molar-refractivity contribution in [3.8, 4) is 11.4 Å². The molecule has 1 aliphatic heterocycles. The molecule has 0 aliphatic carbocycles. The fourth-order valence-corrected chi connectivity index (χ4v) is 4.14. The molecule has 0 saturated carbocycles. The topological polar surface area (TPSA) is 62.5 Å². The Morgan fingerprint density at radius 2 is 2.00 bits per heavy atom. The third-order valence-corrected chi connectivity index (χ3v) is 5.98. The fraction of sp³-hybridized carbons (Fsp3) is 0.320. The summed E-state index contributed by atoms with van der Waals surface area (Å²) < 4.78 is 5.43. The summed E-state index contributed by atoms with van der Waals surface area (Å²) in [5.74, 6) is 0.888. The van der Waals surface area contributed by atoms with Gasteiger partial charge in [0, 0.05) is 35.9 Å². The minimum Gasteiger partial charge on any atom is -0.371 e. The Bertz CT molecular complexity index is 1060.